The van der Waals surface area contributed by atoms with E-state index in [0.717, 1.165) is 11.3 Å². The van der Waals surface area contributed by atoms with E-state index < -0.39 is 0 Å². The molecular formula is C20H21N7O. The predicted octanol–water partition coefficient (Wildman–Crippen LogP) is 1.84. The maximum absolute atomic E-state index is 12.8. The number of carbonyl (C=O) groups is 1. The first-order valence-corrected chi connectivity index (χ1v) is 9.20. The number of hydrogen-bond acceptors (Lipinski definition) is 7. The number of piperazine rings is 1. The monoisotopic (exact) mass is 375 g/mol. The van der Waals surface area contributed by atoms with Crippen LogP contribution in [0, 0.1) is 0 Å². The summed E-state index contributed by atoms with van der Waals surface area (Å²) in [5, 5.41) is 3.31. The normalized spacial score (nSPS) is 14.0. The molecule has 0 radical (unpaired) electrons. The maximum atomic E-state index is 12.8. The summed E-state index contributed by atoms with van der Waals surface area (Å²) in [4.78, 5) is 33.7. The Bertz CT molecular complexity index is 912. The van der Waals surface area contributed by atoms with Gasteiger partial charge in [-0.15, -0.1) is 0 Å². The largest absolute Gasteiger partial charge is 0.381 e. The number of nitrogens with zero attached hydrogens (tertiary/aromatic N) is 6. The number of nitrogens with one attached hydrogen (secondary N) is 1. The van der Waals surface area contributed by atoms with Gasteiger partial charge in [-0.25, -0.2) is 9.97 Å². The fourth-order valence-electron chi connectivity index (χ4n) is 3.09. The average Bonchev–Trinajstić information content (AvgIpc) is 2.79. The second-order valence-corrected chi connectivity index (χ2v) is 6.47. The van der Waals surface area contributed by atoms with Gasteiger partial charge in [-0.05, 0) is 29.8 Å². The zero-order chi connectivity index (χ0) is 19.2. The second kappa shape index (κ2) is 8.43. The number of amides is 1. The van der Waals surface area contributed by atoms with E-state index in [2.05, 4.69) is 30.2 Å². The molecule has 0 unspecified atom stereocenters. The van der Waals surface area contributed by atoms with E-state index in [1.165, 1.54) is 0 Å². The van der Waals surface area contributed by atoms with Crippen LogP contribution in [0.3, 0.4) is 0 Å². The molecule has 0 aromatic carbocycles. The van der Waals surface area contributed by atoms with E-state index in [1.54, 1.807) is 36.9 Å². The molecule has 8 heteroatoms. The van der Waals surface area contributed by atoms with Crippen LogP contribution in [-0.4, -0.2) is 56.9 Å². The number of hydrogen-bond donors (Lipinski definition) is 1. The highest BCUT2D eigenvalue weighted by Crippen LogP contribution is 2.15. The standard InChI is InChI=1S/C20H21N7O/c28-19(26-9-11-27(12-10-26)20-23-6-2-7-24-20)18-13-17(4-8-22-18)25-15-16-3-1-5-21-14-16/h1-8,13-14H,9-12,15H2,(H,22,25). The van der Waals surface area contributed by atoms with E-state index in [1.807, 2.05) is 29.3 Å². The highest BCUT2D eigenvalue weighted by atomic mass is 16.2. The second-order valence-electron chi connectivity index (χ2n) is 6.47. The molecule has 8 nitrogen and oxygen atoms in total. The fraction of sp³-hybridized carbons (Fsp3) is 0.250. The summed E-state index contributed by atoms with van der Waals surface area (Å²) in [6.07, 6.45) is 8.68. The van der Waals surface area contributed by atoms with Crippen molar-refractivity contribution in [2.24, 2.45) is 0 Å². The molecule has 1 N–H and O–H groups in total. The van der Waals surface area contributed by atoms with E-state index >= 15 is 0 Å². The van der Waals surface area contributed by atoms with Gasteiger partial charge in [0.1, 0.15) is 5.69 Å². The third kappa shape index (κ3) is 4.22. The highest BCUT2D eigenvalue weighted by Gasteiger charge is 2.24. The van der Waals surface area contributed by atoms with Crippen LogP contribution in [0.15, 0.2) is 61.3 Å². The van der Waals surface area contributed by atoms with Crippen molar-refractivity contribution in [2.45, 2.75) is 6.54 Å². The van der Waals surface area contributed by atoms with Crippen LogP contribution in [-0.2, 0) is 6.54 Å². The van der Waals surface area contributed by atoms with Crippen molar-refractivity contribution in [1.29, 1.82) is 0 Å². The van der Waals surface area contributed by atoms with Crippen molar-refractivity contribution in [3.63, 3.8) is 0 Å². The Balaban J connectivity index is 1.36. The Morgan fingerprint density at radius 2 is 1.79 bits per heavy atom. The van der Waals surface area contributed by atoms with Crippen molar-refractivity contribution >= 4 is 17.5 Å². The predicted molar refractivity (Wildman–Crippen MR) is 106 cm³/mol. The zero-order valence-corrected chi connectivity index (χ0v) is 15.4. The lowest BCUT2D eigenvalue weighted by Crippen LogP contribution is -2.49. The third-order valence-electron chi connectivity index (χ3n) is 4.60. The van der Waals surface area contributed by atoms with Crippen LogP contribution in [0.2, 0.25) is 0 Å². The molecule has 0 atom stereocenters. The molecule has 28 heavy (non-hydrogen) atoms. The molecule has 4 rings (SSSR count). The molecule has 1 amide bonds. The average molecular weight is 375 g/mol. The molecular weight excluding hydrogens is 354 g/mol. The van der Waals surface area contributed by atoms with Crippen LogP contribution < -0.4 is 10.2 Å². The molecule has 1 saturated heterocycles. The first-order valence-electron chi connectivity index (χ1n) is 9.20. The van der Waals surface area contributed by atoms with Gasteiger partial charge in [0.2, 0.25) is 5.95 Å². The van der Waals surface area contributed by atoms with Crippen molar-refractivity contribution in [2.75, 3.05) is 36.4 Å². The van der Waals surface area contributed by atoms with Crippen LogP contribution in [0.1, 0.15) is 16.1 Å². The summed E-state index contributed by atoms with van der Waals surface area (Å²) in [6, 6.07) is 9.36. The molecule has 3 aromatic heterocycles. The van der Waals surface area contributed by atoms with Gasteiger partial charge in [-0.3, -0.25) is 14.8 Å². The molecule has 4 heterocycles. The Labute approximate surface area is 163 Å². The Morgan fingerprint density at radius 1 is 0.964 bits per heavy atom. The van der Waals surface area contributed by atoms with Gasteiger partial charge in [0.25, 0.3) is 5.91 Å². The summed E-state index contributed by atoms with van der Waals surface area (Å²) in [6.45, 7) is 3.28. The number of aromatic nitrogens is 4. The molecule has 142 valence electrons. The lowest BCUT2D eigenvalue weighted by atomic mass is 10.2. The van der Waals surface area contributed by atoms with Gasteiger partial charge in [0, 0.05) is 69.4 Å². The molecule has 0 bridgehead atoms. The molecule has 0 aliphatic carbocycles. The summed E-state index contributed by atoms with van der Waals surface area (Å²) < 4.78 is 0. The topological polar surface area (TPSA) is 87.1 Å². The molecule has 0 saturated carbocycles. The van der Waals surface area contributed by atoms with Crippen molar-refractivity contribution < 1.29 is 4.79 Å². The van der Waals surface area contributed by atoms with Crippen molar-refractivity contribution in [3.8, 4) is 0 Å². The van der Waals surface area contributed by atoms with Gasteiger partial charge in [0.05, 0.1) is 0 Å². The van der Waals surface area contributed by atoms with Crippen molar-refractivity contribution in [1.82, 2.24) is 24.8 Å². The molecule has 0 spiro atoms. The zero-order valence-electron chi connectivity index (χ0n) is 15.4. The molecule has 1 aliphatic rings. The minimum absolute atomic E-state index is 0.0568. The lowest BCUT2D eigenvalue weighted by Gasteiger charge is -2.34. The summed E-state index contributed by atoms with van der Waals surface area (Å²) >= 11 is 0. The van der Waals surface area contributed by atoms with Gasteiger partial charge in [-0.1, -0.05) is 6.07 Å². The SMILES string of the molecule is O=C(c1cc(NCc2cccnc2)ccn1)N1CCN(c2ncccn2)CC1. The Hall–Kier alpha value is -3.55. The van der Waals surface area contributed by atoms with Gasteiger partial charge in [-0.2, -0.15) is 0 Å². The quantitative estimate of drug-likeness (QED) is 0.728. The Kier molecular flexibility index (Phi) is 5.37. The van der Waals surface area contributed by atoms with Gasteiger partial charge >= 0.3 is 0 Å². The van der Waals surface area contributed by atoms with Gasteiger partial charge < -0.3 is 15.1 Å². The molecule has 1 fully saturated rings. The summed E-state index contributed by atoms with van der Waals surface area (Å²) in [5.41, 5.74) is 2.38. The van der Waals surface area contributed by atoms with E-state index in [4.69, 9.17) is 0 Å². The highest BCUT2D eigenvalue weighted by molar-refractivity contribution is 5.93. The van der Waals surface area contributed by atoms with E-state index in [0.29, 0.717) is 44.4 Å². The van der Waals surface area contributed by atoms with E-state index in [-0.39, 0.29) is 5.91 Å². The van der Waals surface area contributed by atoms with Crippen LogP contribution in [0.5, 0.6) is 0 Å². The number of rotatable bonds is 5. The number of anilines is 2. The van der Waals surface area contributed by atoms with Crippen LogP contribution in [0.25, 0.3) is 0 Å². The summed E-state index contributed by atoms with van der Waals surface area (Å²) in [7, 11) is 0. The number of carbonyl (C=O) groups excluding carboxylic acids is 1. The molecule has 3 aromatic rings. The minimum Gasteiger partial charge on any atom is -0.381 e. The summed E-state index contributed by atoms with van der Waals surface area (Å²) in [5.74, 6) is 0.646. The van der Waals surface area contributed by atoms with Crippen molar-refractivity contribution in [3.05, 3.63) is 72.6 Å². The fourth-order valence-corrected chi connectivity index (χ4v) is 3.09. The smallest absolute Gasteiger partial charge is 0.272 e. The van der Waals surface area contributed by atoms with Gasteiger partial charge in [0.15, 0.2) is 0 Å². The maximum Gasteiger partial charge on any atom is 0.272 e. The Morgan fingerprint density at radius 3 is 2.54 bits per heavy atom. The van der Waals surface area contributed by atoms with E-state index in [9.17, 15) is 4.79 Å². The van der Waals surface area contributed by atoms with Crippen LogP contribution in [0.4, 0.5) is 11.6 Å². The van der Waals surface area contributed by atoms with Crippen LogP contribution >= 0.6 is 0 Å². The minimum atomic E-state index is -0.0568. The third-order valence-corrected chi connectivity index (χ3v) is 4.60. The molecule has 1 aliphatic heterocycles. The first kappa shape index (κ1) is 17.8. The first-order chi connectivity index (χ1) is 13.8. The number of pyridine rings is 2. The lowest BCUT2D eigenvalue weighted by molar-refractivity contribution is 0.0740.